The summed E-state index contributed by atoms with van der Waals surface area (Å²) in [7, 11) is -3.84. The number of ether oxygens (including phenoxy) is 1. The van der Waals surface area contributed by atoms with Gasteiger partial charge in [-0.1, -0.05) is 29.3 Å². The van der Waals surface area contributed by atoms with Crippen LogP contribution in [0.3, 0.4) is 0 Å². The van der Waals surface area contributed by atoms with Gasteiger partial charge in [0.05, 0.1) is 18.1 Å². The van der Waals surface area contributed by atoms with E-state index in [0.29, 0.717) is 36.9 Å². The lowest BCUT2D eigenvalue weighted by Gasteiger charge is -2.26. The molecule has 3 aromatic rings. The van der Waals surface area contributed by atoms with E-state index in [1.807, 2.05) is 11.8 Å². The van der Waals surface area contributed by atoms with Gasteiger partial charge in [-0.15, -0.1) is 0 Å². The molecule has 0 bridgehead atoms. The van der Waals surface area contributed by atoms with Crippen LogP contribution in [0.1, 0.15) is 5.56 Å². The fraction of sp³-hybridized carbons (Fsp3) is 0.250. The Balaban J connectivity index is 1.84. The molecule has 1 aliphatic heterocycles. The first-order valence-electron chi connectivity index (χ1n) is 8.86. The zero-order chi connectivity index (χ0) is 19.7. The van der Waals surface area contributed by atoms with Gasteiger partial charge in [0.15, 0.2) is 0 Å². The molecule has 0 N–H and O–H groups in total. The molecule has 6 nitrogen and oxygen atoms in total. The number of hydrogen-bond acceptors (Lipinski definition) is 6. The molecule has 0 aliphatic carbocycles. The molecule has 28 heavy (non-hydrogen) atoms. The van der Waals surface area contributed by atoms with Crippen LogP contribution in [-0.2, 0) is 14.6 Å². The van der Waals surface area contributed by atoms with Crippen molar-refractivity contribution in [2.45, 2.75) is 16.8 Å². The Bertz CT molecular complexity index is 1070. The van der Waals surface area contributed by atoms with Gasteiger partial charge in [0.25, 0.3) is 0 Å². The third kappa shape index (κ3) is 3.65. The number of morpholine rings is 1. The number of anilines is 1. The summed E-state index contributed by atoms with van der Waals surface area (Å²) < 4.78 is 37.9. The van der Waals surface area contributed by atoms with Crippen molar-refractivity contribution in [3.63, 3.8) is 0 Å². The van der Waals surface area contributed by atoms with Gasteiger partial charge in [-0.25, -0.2) is 8.42 Å². The number of hydrogen-bond donors (Lipinski definition) is 0. The van der Waals surface area contributed by atoms with Gasteiger partial charge >= 0.3 is 0 Å². The van der Waals surface area contributed by atoms with Gasteiger partial charge < -0.3 is 14.1 Å². The van der Waals surface area contributed by atoms with Gasteiger partial charge in [-0.3, -0.25) is 0 Å². The van der Waals surface area contributed by atoms with Crippen LogP contribution in [0.5, 0.6) is 0 Å². The third-order valence-electron chi connectivity index (χ3n) is 4.55. The number of oxazole rings is 1. The molecule has 0 amide bonds. The smallest absolute Gasteiger partial charge is 0.236 e. The average Bonchev–Trinajstić information content (AvgIpc) is 3.16. The summed E-state index contributed by atoms with van der Waals surface area (Å²) in [6.07, 6.45) is 0. The molecule has 2 aromatic carbocycles. The summed E-state index contributed by atoms with van der Waals surface area (Å²) in [5.74, 6) is 0.484. The number of benzene rings is 2. The predicted molar refractivity (Wildman–Crippen MR) is 107 cm³/mol. The molecular weight excluding hydrogens is 400 g/mol. The second-order valence-corrected chi connectivity index (χ2v) is 8.85. The van der Waals surface area contributed by atoms with Gasteiger partial charge in [-0.05, 0) is 43.3 Å². The minimum atomic E-state index is -3.84. The molecule has 1 fully saturated rings. The number of aromatic nitrogens is 1. The summed E-state index contributed by atoms with van der Waals surface area (Å²) in [5, 5.41) is 0.499. The minimum Gasteiger partial charge on any atom is -0.419 e. The van der Waals surface area contributed by atoms with Crippen molar-refractivity contribution in [1.82, 2.24) is 4.98 Å². The molecule has 0 spiro atoms. The highest BCUT2D eigenvalue weighted by Gasteiger charge is 2.32. The fourth-order valence-corrected chi connectivity index (χ4v) is 4.43. The summed E-state index contributed by atoms with van der Waals surface area (Å²) in [6, 6.07) is 13.6. The fourth-order valence-electron chi connectivity index (χ4n) is 2.98. The van der Waals surface area contributed by atoms with E-state index in [1.54, 1.807) is 48.5 Å². The highest BCUT2D eigenvalue weighted by atomic mass is 35.5. The molecule has 4 rings (SSSR count). The highest BCUT2D eigenvalue weighted by molar-refractivity contribution is 7.91. The Morgan fingerprint density at radius 2 is 1.64 bits per heavy atom. The normalized spacial score (nSPS) is 15.0. The molecule has 0 unspecified atom stereocenters. The van der Waals surface area contributed by atoms with E-state index in [1.165, 1.54) is 0 Å². The Labute approximate surface area is 168 Å². The highest BCUT2D eigenvalue weighted by Crippen LogP contribution is 2.35. The van der Waals surface area contributed by atoms with Crippen molar-refractivity contribution in [3.05, 3.63) is 59.1 Å². The lowest BCUT2D eigenvalue weighted by atomic mass is 10.2. The van der Waals surface area contributed by atoms with Crippen LogP contribution in [0.15, 0.2) is 62.9 Å². The van der Waals surface area contributed by atoms with Crippen molar-refractivity contribution in [2.24, 2.45) is 0 Å². The van der Waals surface area contributed by atoms with Crippen LogP contribution in [0.4, 0.5) is 5.88 Å². The first kappa shape index (κ1) is 19.0. The van der Waals surface area contributed by atoms with E-state index in [0.717, 1.165) is 5.56 Å². The lowest BCUT2D eigenvalue weighted by molar-refractivity contribution is 0.120. The second-order valence-electron chi connectivity index (χ2n) is 6.55. The molecule has 1 aliphatic rings. The molecule has 1 aromatic heterocycles. The standard InChI is InChI=1S/C20H19ClN2O4S/c1-14-2-8-17(9-3-14)28(24,25)19-20(23-10-12-26-13-11-23)27-18(22-19)15-4-6-16(21)7-5-15/h2-9H,10-13H2,1H3. The van der Waals surface area contributed by atoms with E-state index in [-0.39, 0.29) is 21.7 Å². The SMILES string of the molecule is Cc1ccc(S(=O)(=O)c2nc(-c3ccc(Cl)cc3)oc2N2CCOCC2)cc1. The zero-order valence-electron chi connectivity index (χ0n) is 15.3. The third-order valence-corrected chi connectivity index (χ3v) is 6.47. The van der Waals surface area contributed by atoms with E-state index < -0.39 is 9.84 Å². The van der Waals surface area contributed by atoms with E-state index in [2.05, 4.69) is 4.98 Å². The molecule has 0 radical (unpaired) electrons. The van der Waals surface area contributed by atoms with E-state index in [4.69, 9.17) is 20.8 Å². The number of aryl methyl sites for hydroxylation is 1. The average molecular weight is 419 g/mol. The number of halogens is 1. The van der Waals surface area contributed by atoms with Crippen LogP contribution in [0.25, 0.3) is 11.5 Å². The lowest BCUT2D eigenvalue weighted by Crippen LogP contribution is -2.36. The maximum Gasteiger partial charge on any atom is 0.236 e. The van der Waals surface area contributed by atoms with Gasteiger partial charge in [0.2, 0.25) is 26.6 Å². The molecule has 0 atom stereocenters. The van der Waals surface area contributed by atoms with Crippen molar-refractivity contribution >= 4 is 27.3 Å². The molecule has 2 heterocycles. The van der Waals surface area contributed by atoms with Crippen molar-refractivity contribution in [2.75, 3.05) is 31.2 Å². The quantitative estimate of drug-likeness (QED) is 0.638. The molecule has 1 saturated heterocycles. The van der Waals surface area contributed by atoms with Gasteiger partial charge in [-0.2, -0.15) is 4.98 Å². The van der Waals surface area contributed by atoms with E-state index in [9.17, 15) is 8.42 Å². The first-order chi connectivity index (χ1) is 13.4. The monoisotopic (exact) mass is 418 g/mol. The van der Waals surface area contributed by atoms with Crippen molar-refractivity contribution in [3.8, 4) is 11.5 Å². The Morgan fingerprint density at radius 3 is 2.29 bits per heavy atom. The maximum atomic E-state index is 13.3. The van der Waals surface area contributed by atoms with Crippen molar-refractivity contribution < 1.29 is 17.6 Å². The second kappa shape index (κ2) is 7.58. The van der Waals surface area contributed by atoms with Crippen LogP contribution >= 0.6 is 11.6 Å². The molecular formula is C20H19ClN2O4S. The summed E-state index contributed by atoms with van der Waals surface area (Å²) >= 11 is 5.95. The summed E-state index contributed by atoms with van der Waals surface area (Å²) in [5.41, 5.74) is 1.64. The predicted octanol–water partition coefficient (Wildman–Crippen LogP) is 3.97. The van der Waals surface area contributed by atoms with Gasteiger partial charge in [0.1, 0.15) is 0 Å². The number of nitrogens with zero attached hydrogens (tertiary/aromatic N) is 2. The van der Waals surface area contributed by atoms with E-state index >= 15 is 0 Å². The van der Waals surface area contributed by atoms with Crippen LogP contribution < -0.4 is 4.90 Å². The molecule has 146 valence electrons. The largest absolute Gasteiger partial charge is 0.419 e. The van der Waals surface area contributed by atoms with Crippen LogP contribution in [0, 0.1) is 6.92 Å². The molecule has 0 saturated carbocycles. The Kier molecular flexibility index (Phi) is 5.14. The van der Waals surface area contributed by atoms with Crippen LogP contribution in [-0.4, -0.2) is 39.7 Å². The summed E-state index contributed by atoms with van der Waals surface area (Å²) in [4.78, 5) is 6.42. The van der Waals surface area contributed by atoms with Gasteiger partial charge in [0, 0.05) is 23.7 Å². The molecule has 8 heteroatoms. The number of rotatable bonds is 4. The first-order valence-corrected chi connectivity index (χ1v) is 10.7. The minimum absolute atomic E-state index is 0.0804. The Morgan fingerprint density at radius 1 is 1.00 bits per heavy atom. The maximum absolute atomic E-state index is 13.3. The summed E-state index contributed by atoms with van der Waals surface area (Å²) in [6.45, 7) is 3.98. The van der Waals surface area contributed by atoms with Crippen molar-refractivity contribution in [1.29, 1.82) is 0 Å². The number of sulfone groups is 1. The topological polar surface area (TPSA) is 72.6 Å². The van der Waals surface area contributed by atoms with Crippen LogP contribution in [0.2, 0.25) is 5.02 Å². The zero-order valence-corrected chi connectivity index (χ0v) is 16.8. The Hall–Kier alpha value is -2.35.